The Bertz CT molecular complexity index is 628. The Kier molecular flexibility index (Phi) is 27.0. The number of unbranched alkanes of at least 4 members (excludes halogenated alkanes) is 4. The van der Waals surface area contributed by atoms with Gasteiger partial charge in [-0.15, -0.1) is 0 Å². The minimum atomic E-state index is -0.672. The molecular weight excluding hydrogens is 528 g/mol. The van der Waals surface area contributed by atoms with Gasteiger partial charge in [-0.25, -0.2) is 0 Å². The van der Waals surface area contributed by atoms with Crippen LogP contribution in [0, 0.1) is 22.7 Å². The summed E-state index contributed by atoms with van der Waals surface area (Å²) in [5.41, 5.74) is -0.996. The second-order valence-electron chi connectivity index (χ2n) is 13.2. The molecule has 0 heterocycles. The van der Waals surface area contributed by atoms with Crippen LogP contribution in [0.3, 0.4) is 0 Å². The largest absolute Gasteiger partial charge is 0.481 e. The first-order valence-corrected chi connectivity index (χ1v) is 15.2. The van der Waals surface area contributed by atoms with E-state index in [-0.39, 0.29) is 25.2 Å². The molecule has 0 amide bonds. The fourth-order valence-corrected chi connectivity index (χ4v) is 2.93. The predicted octanol–water partition coefficient (Wildman–Crippen LogP) is 7.54. The number of hydrogen-bond acceptors (Lipinski definition) is 7. The van der Waals surface area contributed by atoms with Crippen LogP contribution in [0.4, 0.5) is 0 Å². The molecule has 0 aromatic rings. The molecule has 0 saturated carbocycles. The molecule has 2 N–H and O–H groups in total. The van der Waals surface area contributed by atoms with E-state index >= 15 is 0 Å². The molecule has 0 fully saturated rings. The molecule has 0 spiro atoms. The van der Waals surface area contributed by atoms with E-state index in [0.29, 0.717) is 26.1 Å². The molecule has 41 heavy (non-hydrogen) atoms. The average Bonchev–Trinajstić information content (AvgIpc) is 2.81. The molecule has 0 aromatic heterocycles. The average molecular weight is 591 g/mol. The van der Waals surface area contributed by atoms with Crippen molar-refractivity contribution in [3.05, 3.63) is 0 Å². The second kappa shape index (κ2) is 25.5. The van der Waals surface area contributed by atoms with Crippen molar-refractivity contribution in [2.24, 2.45) is 22.7 Å². The first kappa shape index (κ1) is 43.3. The summed E-state index contributed by atoms with van der Waals surface area (Å²) in [6, 6.07) is 0. The highest BCUT2D eigenvalue weighted by molar-refractivity contribution is 5.75. The van der Waals surface area contributed by atoms with Gasteiger partial charge in [0.1, 0.15) is 13.2 Å². The van der Waals surface area contributed by atoms with Gasteiger partial charge in [0.2, 0.25) is 0 Å². The lowest BCUT2D eigenvalue weighted by molar-refractivity contribution is -0.156. The van der Waals surface area contributed by atoms with Gasteiger partial charge in [0.05, 0.1) is 24.0 Å². The highest BCUT2D eigenvalue weighted by atomic mass is 16.6. The molecule has 0 radical (unpaired) electrons. The Morgan fingerprint density at radius 3 is 1.10 bits per heavy atom. The number of carboxylic acid groups (broad SMARTS) is 2. The van der Waals surface area contributed by atoms with Gasteiger partial charge in [-0.3, -0.25) is 19.2 Å². The Morgan fingerprint density at radius 2 is 0.854 bits per heavy atom. The van der Waals surface area contributed by atoms with Crippen molar-refractivity contribution < 1.29 is 43.6 Å². The number of carbonyl (C=O) groups is 4. The topological polar surface area (TPSA) is 136 Å². The SMILES string of the molecule is CC(C)(C)C(=O)OCCOCCOC(=O)C(C)(C)C.CC(C)CCCCCC(=O)O.CC(C)CCCCCC(=O)O. The van der Waals surface area contributed by atoms with Crippen molar-refractivity contribution >= 4 is 23.9 Å². The fourth-order valence-electron chi connectivity index (χ4n) is 2.93. The van der Waals surface area contributed by atoms with Crippen molar-refractivity contribution in [1.82, 2.24) is 0 Å². The van der Waals surface area contributed by atoms with Crippen LogP contribution in [0.25, 0.3) is 0 Å². The Hall–Kier alpha value is -2.16. The number of rotatable bonds is 18. The summed E-state index contributed by atoms with van der Waals surface area (Å²) < 4.78 is 15.2. The Morgan fingerprint density at radius 1 is 0.537 bits per heavy atom. The molecule has 0 aliphatic carbocycles. The van der Waals surface area contributed by atoms with E-state index in [1.807, 2.05) is 0 Å². The molecule has 0 aromatic carbocycles. The zero-order valence-electron chi connectivity index (χ0n) is 27.8. The third-order valence-electron chi connectivity index (χ3n) is 5.49. The number of carbonyl (C=O) groups excluding carboxylic acids is 2. The van der Waals surface area contributed by atoms with Gasteiger partial charge < -0.3 is 24.4 Å². The van der Waals surface area contributed by atoms with E-state index in [9.17, 15) is 19.2 Å². The second-order valence-corrected chi connectivity index (χ2v) is 13.2. The van der Waals surface area contributed by atoms with Crippen molar-refractivity contribution in [3.63, 3.8) is 0 Å². The monoisotopic (exact) mass is 590 g/mol. The summed E-state index contributed by atoms with van der Waals surface area (Å²) in [5.74, 6) is -0.353. The summed E-state index contributed by atoms with van der Waals surface area (Å²) in [7, 11) is 0. The highest BCUT2D eigenvalue weighted by Gasteiger charge is 2.23. The number of ether oxygens (including phenoxy) is 3. The molecule has 0 aliphatic rings. The third-order valence-corrected chi connectivity index (χ3v) is 5.49. The van der Waals surface area contributed by atoms with E-state index in [4.69, 9.17) is 24.4 Å². The van der Waals surface area contributed by atoms with Crippen molar-refractivity contribution in [1.29, 1.82) is 0 Å². The van der Waals surface area contributed by atoms with Crippen molar-refractivity contribution in [3.8, 4) is 0 Å². The van der Waals surface area contributed by atoms with Crippen LogP contribution in [-0.4, -0.2) is 60.5 Å². The first-order valence-electron chi connectivity index (χ1n) is 15.2. The van der Waals surface area contributed by atoms with Crippen LogP contribution < -0.4 is 0 Å². The van der Waals surface area contributed by atoms with Gasteiger partial charge in [-0.2, -0.15) is 0 Å². The van der Waals surface area contributed by atoms with Gasteiger partial charge in [-0.05, 0) is 66.2 Å². The maximum atomic E-state index is 11.4. The van der Waals surface area contributed by atoms with Crippen LogP contribution >= 0.6 is 0 Å². The van der Waals surface area contributed by atoms with E-state index in [1.165, 1.54) is 25.7 Å². The summed E-state index contributed by atoms with van der Waals surface area (Å²) >= 11 is 0. The van der Waals surface area contributed by atoms with Gasteiger partial charge in [0.25, 0.3) is 0 Å². The van der Waals surface area contributed by atoms with E-state index in [0.717, 1.165) is 37.5 Å². The Labute approximate surface area is 250 Å². The molecule has 0 atom stereocenters. The van der Waals surface area contributed by atoms with Crippen molar-refractivity contribution in [2.75, 3.05) is 26.4 Å². The zero-order valence-corrected chi connectivity index (χ0v) is 27.8. The quantitative estimate of drug-likeness (QED) is 0.122. The van der Waals surface area contributed by atoms with Crippen LogP contribution in [0.5, 0.6) is 0 Å². The van der Waals surface area contributed by atoms with Crippen LogP contribution in [0.1, 0.15) is 133 Å². The molecule has 0 aliphatic heterocycles. The molecular formula is C32H62O9. The fraction of sp³-hybridized carbons (Fsp3) is 0.875. The van der Waals surface area contributed by atoms with Crippen LogP contribution in [-0.2, 0) is 33.4 Å². The minimum absolute atomic E-state index is 0.212. The summed E-state index contributed by atoms with van der Waals surface area (Å²) in [6.45, 7) is 20.6. The number of esters is 2. The third kappa shape index (κ3) is 37.8. The molecule has 0 unspecified atom stereocenters. The molecule has 0 rings (SSSR count). The van der Waals surface area contributed by atoms with Crippen LogP contribution in [0.2, 0.25) is 0 Å². The predicted molar refractivity (Wildman–Crippen MR) is 163 cm³/mol. The molecule has 0 saturated heterocycles. The molecule has 244 valence electrons. The van der Waals surface area contributed by atoms with E-state index in [1.54, 1.807) is 41.5 Å². The van der Waals surface area contributed by atoms with E-state index in [2.05, 4.69) is 27.7 Å². The standard InChI is InChI=1S/C14H26O5.2C9H18O2/c1-13(2,3)11(15)18-9-7-17-8-10-19-12(16)14(4,5)6;2*1-8(2)6-4-3-5-7-9(10)11/h7-10H2,1-6H3;2*8H,3-7H2,1-2H3,(H,10,11). The summed E-state index contributed by atoms with van der Waals surface area (Å²) in [5, 5.41) is 16.6. The summed E-state index contributed by atoms with van der Waals surface area (Å²) in [4.78, 5) is 43.0. The molecule has 9 nitrogen and oxygen atoms in total. The molecule has 0 bridgehead atoms. The van der Waals surface area contributed by atoms with Gasteiger partial charge in [0.15, 0.2) is 0 Å². The van der Waals surface area contributed by atoms with Crippen molar-refractivity contribution in [2.45, 2.75) is 133 Å². The lowest BCUT2D eigenvalue weighted by atomic mass is 9.97. The highest BCUT2D eigenvalue weighted by Crippen LogP contribution is 2.15. The Balaban J connectivity index is -0.000000564. The lowest BCUT2D eigenvalue weighted by Crippen LogP contribution is -2.26. The van der Waals surface area contributed by atoms with Gasteiger partial charge >= 0.3 is 23.9 Å². The normalized spacial score (nSPS) is 11.2. The maximum absolute atomic E-state index is 11.4. The number of hydrogen-bond donors (Lipinski definition) is 2. The molecule has 9 heteroatoms. The van der Waals surface area contributed by atoms with E-state index < -0.39 is 22.8 Å². The maximum Gasteiger partial charge on any atom is 0.311 e. The van der Waals surface area contributed by atoms with Crippen LogP contribution in [0.15, 0.2) is 0 Å². The number of aliphatic carboxylic acids is 2. The van der Waals surface area contributed by atoms with Gasteiger partial charge in [0, 0.05) is 12.8 Å². The first-order chi connectivity index (χ1) is 18.8. The summed E-state index contributed by atoms with van der Waals surface area (Å²) in [6.07, 6.45) is 9.24. The smallest absolute Gasteiger partial charge is 0.311 e. The zero-order chi connectivity index (χ0) is 32.5. The lowest BCUT2D eigenvalue weighted by Gasteiger charge is -2.17. The minimum Gasteiger partial charge on any atom is -0.481 e. The van der Waals surface area contributed by atoms with Gasteiger partial charge in [-0.1, -0.05) is 66.2 Å². The number of carboxylic acids is 2.